The molecule has 0 saturated heterocycles. The number of hydrogen-bond acceptors (Lipinski definition) is 4. The molecule has 1 aromatic heterocycles. The second kappa shape index (κ2) is 6.95. The van der Waals surface area contributed by atoms with Crippen molar-refractivity contribution in [3.63, 3.8) is 0 Å². The van der Waals surface area contributed by atoms with Gasteiger partial charge in [-0.2, -0.15) is 11.3 Å². The summed E-state index contributed by atoms with van der Waals surface area (Å²) in [5.41, 5.74) is 7.33. The molecule has 0 aliphatic rings. The second-order valence-electron chi connectivity index (χ2n) is 3.87. The van der Waals surface area contributed by atoms with E-state index in [-0.39, 0.29) is 6.04 Å². The summed E-state index contributed by atoms with van der Waals surface area (Å²) in [6.45, 7) is 2.64. The summed E-state index contributed by atoms with van der Waals surface area (Å²) >= 11 is 1.74. The van der Waals surface area contributed by atoms with Crippen molar-refractivity contribution >= 4 is 11.3 Å². The lowest BCUT2D eigenvalue weighted by molar-refractivity contribution is 0.179. The molecule has 4 heteroatoms. The Morgan fingerprint density at radius 2 is 2.40 bits per heavy atom. The van der Waals surface area contributed by atoms with E-state index in [1.807, 2.05) is 0 Å². The highest BCUT2D eigenvalue weighted by Crippen LogP contribution is 2.08. The van der Waals surface area contributed by atoms with E-state index in [0.717, 1.165) is 26.1 Å². The summed E-state index contributed by atoms with van der Waals surface area (Å²) in [4.78, 5) is 2.25. The molecule has 0 aliphatic heterocycles. The lowest BCUT2D eigenvalue weighted by atomic mass is 10.2. The molecule has 0 aliphatic carbocycles. The van der Waals surface area contributed by atoms with E-state index in [2.05, 4.69) is 28.8 Å². The summed E-state index contributed by atoms with van der Waals surface area (Å²) in [5, 5.41) is 4.28. The van der Waals surface area contributed by atoms with Crippen LogP contribution < -0.4 is 5.73 Å². The van der Waals surface area contributed by atoms with Gasteiger partial charge in [0.15, 0.2) is 0 Å². The monoisotopic (exact) mass is 228 g/mol. The lowest BCUT2D eigenvalue weighted by Gasteiger charge is -2.20. The molecule has 0 spiro atoms. The van der Waals surface area contributed by atoms with Crippen molar-refractivity contribution in [2.24, 2.45) is 5.73 Å². The Kier molecular flexibility index (Phi) is 5.86. The van der Waals surface area contributed by atoms with Crippen LogP contribution in [0.25, 0.3) is 0 Å². The van der Waals surface area contributed by atoms with Crippen LogP contribution in [0.2, 0.25) is 0 Å². The van der Waals surface area contributed by atoms with Crippen molar-refractivity contribution < 1.29 is 4.74 Å². The van der Waals surface area contributed by atoms with Gasteiger partial charge in [0, 0.05) is 32.8 Å². The van der Waals surface area contributed by atoms with Crippen molar-refractivity contribution in [2.45, 2.75) is 19.0 Å². The number of nitrogens with zero attached hydrogens (tertiary/aromatic N) is 1. The number of hydrogen-bond donors (Lipinski definition) is 1. The van der Waals surface area contributed by atoms with Crippen LogP contribution in [-0.2, 0) is 11.3 Å². The smallest absolute Gasteiger partial charge is 0.0477 e. The van der Waals surface area contributed by atoms with E-state index >= 15 is 0 Å². The van der Waals surface area contributed by atoms with E-state index in [4.69, 9.17) is 10.5 Å². The maximum absolute atomic E-state index is 5.97. The highest BCUT2D eigenvalue weighted by molar-refractivity contribution is 7.07. The van der Waals surface area contributed by atoms with Gasteiger partial charge in [0.05, 0.1) is 0 Å². The summed E-state index contributed by atoms with van der Waals surface area (Å²) in [6.07, 6.45) is 0.921. The van der Waals surface area contributed by atoms with Crippen LogP contribution in [0.15, 0.2) is 16.8 Å². The van der Waals surface area contributed by atoms with Crippen LogP contribution in [0.3, 0.4) is 0 Å². The summed E-state index contributed by atoms with van der Waals surface area (Å²) < 4.78 is 5.00. The van der Waals surface area contributed by atoms with Gasteiger partial charge in [-0.05, 0) is 35.9 Å². The first-order chi connectivity index (χ1) is 7.22. The molecule has 0 bridgehead atoms. The van der Waals surface area contributed by atoms with E-state index in [1.54, 1.807) is 18.4 Å². The predicted octanol–water partition coefficient (Wildman–Crippen LogP) is 1.54. The first kappa shape index (κ1) is 12.6. The molecule has 1 atom stereocenters. The molecular formula is C11H20N2OS. The fourth-order valence-electron chi connectivity index (χ4n) is 1.52. The normalized spacial score (nSPS) is 13.3. The number of methoxy groups -OCH3 is 1. The summed E-state index contributed by atoms with van der Waals surface area (Å²) in [5.74, 6) is 0. The highest BCUT2D eigenvalue weighted by atomic mass is 32.1. The standard InChI is InChI=1S/C11H20N2OS/c1-13(7-10-4-6-15-9-10)8-11(12)3-5-14-2/h4,6,9,11H,3,5,7-8,12H2,1-2H3. The number of rotatable bonds is 7. The van der Waals surface area contributed by atoms with E-state index < -0.39 is 0 Å². The van der Waals surface area contributed by atoms with Crippen LogP contribution in [0.5, 0.6) is 0 Å². The third kappa shape index (κ3) is 5.28. The summed E-state index contributed by atoms with van der Waals surface area (Å²) in [6, 6.07) is 2.36. The highest BCUT2D eigenvalue weighted by Gasteiger charge is 2.07. The van der Waals surface area contributed by atoms with Gasteiger partial charge in [-0.1, -0.05) is 0 Å². The van der Waals surface area contributed by atoms with Crippen molar-refractivity contribution in [3.05, 3.63) is 22.4 Å². The van der Waals surface area contributed by atoms with Gasteiger partial charge in [0.2, 0.25) is 0 Å². The molecule has 3 nitrogen and oxygen atoms in total. The van der Waals surface area contributed by atoms with Crippen LogP contribution in [0.1, 0.15) is 12.0 Å². The fourth-order valence-corrected chi connectivity index (χ4v) is 2.18. The van der Waals surface area contributed by atoms with Crippen LogP contribution in [0, 0.1) is 0 Å². The Hall–Kier alpha value is -0.420. The quantitative estimate of drug-likeness (QED) is 0.769. The van der Waals surface area contributed by atoms with E-state index in [0.29, 0.717) is 0 Å². The molecule has 0 radical (unpaired) electrons. The molecule has 2 N–H and O–H groups in total. The molecule has 15 heavy (non-hydrogen) atoms. The molecular weight excluding hydrogens is 208 g/mol. The zero-order valence-corrected chi connectivity index (χ0v) is 10.3. The van der Waals surface area contributed by atoms with Crippen molar-refractivity contribution in [2.75, 3.05) is 27.3 Å². The van der Waals surface area contributed by atoms with Gasteiger partial charge in [0.25, 0.3) is 0 Å². The topological polar surface area (TPSA) is 38.5 Å². The van der Waals surface area contributed by atoms with E-state index in [9.17, 15) is 0 Å². The SMILES string of the molecule is COCCC(N)CN(C)Cc1ccsc1. The third-order valence-electron chi connectivity index (χ3n) is 2.27. The molecule has 0 aromatic carbocycles. The molecule has 0 amide bonds. The minimum Gasteiger partial charge on any atom is -0.385 e. The van der Waals surface area contributed by atoms with Crippen molar-refractivity contribution in [3.8, 4) is 0 Å². The first-order valence-electron chi connectivity index (χ1n) is 5.16. The Morgan fingerprint density at radius 1 is 1.60 bits per heavy atom. The minimum absolute atomic E-state index is 0.202. The molecule has 86 valence electrons. The maximum Gasteiger partial charge on any atom is 0.0477 e. The molecule has 1 unspecified atom stereocenters. The molecule has 1 rings (SSSR count). The molecule has 1 heterocycles. The lowest BCUT2D eigenvalue weighted by Crippen LogP contribution is -2.35. The maximum atomic E-state index is 5.97. The van der Waals surface area contributed by atoms with Gasteiger partial charge in [0.1, 0.15) is 0 Å². The number of ether oxygens (including phenoxy) is 1. The Labute approximate surface area is 95.8 Å². The largest absolute Gasteiger partial charge is 0.385 e. The Bertz CT molecular complexity index is 251. The van der Waals surface area contributed by atoms with Gasteiger partial charge in [-0.25, -0.2) is 0 Å². The fraction of sp³-hybridized carbons (Fsp3) is 0.636. The predicted molar refractivity (Wildman–Crippen MR) is 65.1 cm³/mol. The second-order valence-corrected chi connectivity index (χ2v) is 4.65. The van der Waals surface area contributed by atoms with Crippen molar-refractivity contribution in [1.29, 1.82) is 0 Å². The third-order valence-corrected chi connectivity index (χ3v) is 3.00. The Morgan fingerprint density at radius 3 is 3.00 bits per heavy atom. The first-order valence-corrected chi connectivity index (χ1v) is 6.10. The van der Waals surface area contributed by atoms with Gasteiger partial charge >= 0.3 is 0 Å². The van der Waals surface area contributed by atoms with E-state index in [1.165, 1.54) is 5.56 Å². The molecule has 1 aromatic rings. The summed E-state index contributed by atoms with van der Waals surface area (Å²) in [7, 11) is 3.81. The Balaban J connectivity index is 2.20. The van der Waals surface area contributed by atoms with Crippen LogP contribution in [0.4, 0.5) is 0 Å². The number of nitrogens with two attached hydrogens (primary N) is 1. The molecule has 0 saturated carbocycles. The van der Waals surface area contributed by atoms with Crippen LogP contribution >= 0.6 is 11.3 Å². The van der Waals surface area contributed by atoms with Gasteiger partial charge in [-0.15, -0.1) is 0 Å². The van der Waals surface area contributed by atoms with Crippen molar-refractivity contribution in [1.82, 2.24) is 4.90 Å². The average Bonchev–Trinajstić information content (AvgIpc) is 2.67. The van der Waals surface area contributed by atoms with Crippen LogP contribution in [-0.4, -0.2) is 38.3 Å². The average molecular weight is 228 g/mol. The van der Waals surface area contributed by atoms with Gasteiger partial charge < -0.3 is 15.4 Å². The zero-order chi connectivity index (χ0) is 11.1. The number of likely N-dealkylation sites (N-methyl/N-ethyl adjacent to an activating group) is 1. The minimum atomic E-state index is 0.202. The molecule has 0 fully saturated rings. The zero-order valence-electron chi connectivity index (χ0n) is 9.48. The van der Waals surface area contributed by atoms with Gasteiger partial charge in [-0.3, -0.25) is 0 Å². The number of thiophene rings is 1.